The SMILES string of the molecule is CC(=O)c1c(C)[nH]c(C(=O)NCCCC(C)C)c1C. The van der Waals surface area contributed by atoms with Crippen LogP contribution < -0.4 is 5.32 Å². The summed E-state index contributed by atoms with van der Waals surface area (Å²) in [6.45, 7) is 10.2. The number of aryl methyl sites for hydroxylation is 1. The second-order valence-electron chi connectivity index (χ2n) is 5.47. The van der Waals surface area contributed by atoms with Crippen LogP contribution in [0.3, 0.4) is 0 Å². The molecule has 0 fully saturated rings. The molecular formula is C15H24N2O2. The van der Waals surface area contributed by atoms with Crippen molar-refractivity contribution in [3.05, 3.63) is 22.5 Å². The summed E-state index contributed by atoms with van der Waals surface area (Å²) in [7, 11) is 0. The summed E-state index contributed by atoms with van der Waals surface area (Å²) in [5.74, 6) is 0.512. The van der Waals surface area contributed by atoms with Gasteiger partial charge in [-0.2, -0.15) is 0 Å². The number of aromatic amines is 1. The van der Waals surface area contributed by atoms with Crippen molar-refractivity contribution in [3.8, 4) is 0 Å². The molecule has 4 nitrogen and oxygen atoms in total. The molecule has 0 aromatic carbocycles. The van der Waals surface area contributed by atoms with Crippen LogP contribution in [0.2, 0.25) is 0 Å². The Morgan fingerprint density at radius 3 is 2.37 bits per heavy atom. The number of carbonyl (C=O) groups is 2. The van der Waals surface area contributed by atoms with Gasteiger partial charge in [-0.3, -0.25) is 9.59 Å². The van der Waals surface area contributed by atoms with Crippen molar-refractivity contribution in [2.45, 2.75) is 47.5 Å². The fraction of sp³-hybridized carbons (Fsp3) is 0.600. The van der Waals surface area contributed by atoms with Crippen LogP contribution >= 0.6 is 0 Å². The molecule has 1 amide bonds. The average molecular weight is 264 g/mol. The zero-order valence-electron chi connectivity index (χ0n) is 12.5. The maximum Gasteiger partial charge on any atom is 0.268 e. The van der Waals surface area contributed by atoms with Crippen molar-refractivity contribution in [3.63, 3.8) is 0 Å². The fourth-order valence-electron chi connectivity index (χ4n) is 2.31. The van der Waals surface area contributed by atoms with Gasteiger partial charge >= 0.3 is 0 Å². The molecule has 19 heavy (non-hydrogen) atoms. The molecule has 0 saturated heterocycles. The smallest absolute Gasteiger partial charge is 0.268 e. The van der Waals surface area contributed by atoms with Gasteiger partial charge < -0.3 is 10.3 Å². The van der Waals surface area contributed by atoms with E-state index in [1.54, 1.807) is 0 Å². The number of ketones is 1. The monoisotopic (exact) mass is 264 g/mol. The van der Waals surface area contributed by atoms with Crippen molar-refractivity contribution < 1.29 is 9.59 Å². The molecule has 1 rings (SSSR count). The molecule has 106 valence electrons. The van der Waals surface area contributed by atoms with Crippen LogP contribution in [-0.2, 0) is 0 Å². The first-order valence-electron chi connectivity index (χ1n) is 6.82. The van der Waals surface area contributed by atoms with Crippen LogP contribution in [0.4, 0.5) is 0 Å². The van der Waals surface area contributed by atoms with E-state index in [0.717, 1.165) is 24.1 Å². The summed E-state index contributed by atoms with van der Waals surface area (Å²) in [5, 5.41) is 2.89. The minimum atomic E-state index is -0.128. The topological polar surface area (TPSA) is 62.0 Å². The van der Waals surface area contributed by atoms with Crippen LogP contribution in [0.15, 0.2) is 0 Å². The predicted molar refractivity (Wildman–Crippen MR) is 76.7 cm³/mol. The normalized spacial score (nSPS) is 10.8. The number of aromatic nitrogens is 1. The van der Waals surface area contributed by atoms with Gasteiger partial charge in [0, 0.05) is 17.8 Å². The Kier molecular flexibility index (Phi) is 5.33. The van der Waals surface area contributed by atoms with Gasteiger partial charge in [0.1, 0.15) is 5.69 Å². The highest BCUT2D eigenvalue weighted by atomic mass is 16.2. The maximum absolute atomic E-state index is 12.0. The largest absolute Gasteiger partial charge is 0.354 e. The van der Waals surface area contributed by atoms with Gasteiger partial charge in [0.2, 0.25) is 0 Å². The number of nitrogens with one attached hydrogen (secondary N) is 2. The molecule has 1 heterocycles. The van der Waals surface area contributed by atoms with Crippen molar-refractivity contribution in [1.29, 1.82) is 0 Å². The van der Waals surface area contributed by atoms with E-state index < -0.39 is 0 Å². The molecule has 4 heteroatoms. The van der Waals surface area contributed by atoms with E-state index in [9.17, 15) is 9.59 Å². The summed E-state index contributed by atoms with van der Waals surface area (Å²) in [6.07, 6.45) is 2.07. The van der Waals surface area contributed by atoms with E-state index in [4.69, 9.17) is 0 Å². The van der Waals surface area contributed by atoms with Gasteiger partial charge in [-0.1, -0.05) is 13.8 Å². The minimum absolute atomic E-state index is 0.00916. The molecule has 0 aliphatic heterocycles. The van der Waals surface area contributed by atoms with Gasteiger partial charge in [0.05, 0.1) is 0 Å². The lowest BCUT2D eigenvalue weighted by atomic mass is 10.1. The quantitative estimate of drug-likeness (QED) is 0.613. The number of carbonyl (C=O) groups excluding carboxylic acids is 2. The van der Waals surface area contributed by atoms with Crippen LogP contribution in [0, 0.1) is 19.8 Å². The summed E-state index contributed by atoms with van der Waals surface area (Å²) < 4.78 is 0. The first-order chi connectivity index (χ1) is 8.84. The third kappa shape index (κ3) is 3.94. The lowest BCUT2D eigenvalue weighted by molar-refractivity contribution is 0.0947. The number of Topliss-reactive ketones (excluding diaryl/α,β-unsaturated/α-hetero) is 1. The Balaban J connectivity index is 2.68. The molecule has 0 spiro atoms. The van der Waals surface area contributed by atoms with E-state index in [1.807, 2.05) is 13.8 Å². The summed E-state index contributed by atoms with van der Waals surface area (Å²) in [4.78, 5) is 26.6. The fourth-order valence-corrected chi connectivity index (χ4v) is 2.31. The van der Waals surface area contributed by atoms with E-state index in [0.29, 0.717) is 23.7 Å². The highest BCUT2D eigenvalue weighted by Gasteiger charge is 2.19. The predicted octanol–water partition coefficient (Wildman–Crippen LogP) is 3.00. The average Bonchev–Trinajstić information content (AvgIpc) is 2.59. The number of rotatable bonds is 6. The van der Waals surface area contributed by atoms with E-state index in [2.05, 4.69) is 24.1 Å². The number of hydrogen-bond acceptors (Lipinski definition) is 2. The zero-order chi connectivity index (χ0) is 14.6. The molecule has 2 N–H and O–H groups in total. The van der Waals surface area contributed by atoms with Gasteiger partial charge in [-0.25, -0.2) is 0 Å². The summed E-state index contributed by atoms with van der Waals surface area (Å²) in [5.41, 5.74) is 2.64. The van der Waals surface area contributed by atoms with E-state index in [-0.39, 0.29) is 11.7 Å². The molecule has 0 atom stereocenters. The van der Waals surface area contributed by atoms with Gasteiger partial charge in [0.25, 0.3) is 5.91 Å². The van der Waals surface area contributed by atoms with E-state index >= 15 is 0 Å². The molecule has 0 bridgehead atoms. The third-order valence-corrected chi connectivity index (χ3v) is 3.26. The lowest BCUT2D eigenvalue weighted by Gasteiger charge is -2.06. The first kappa shape index (κ1) is 15.5. The molecule has 1 aromatic heterocycles. The van der Waals surface area contributed by atoms with Gasteiger partial charge in [-0.15, -0.1) is 0 Å². The molecule has 1 aromatic rings. The lowest BCUT2D eigenvalue weighted by Crippen LogP contribution is -2.25. The Labute approximate surface area is 115 Å². The Morgan fingerprint density at radius 1 is 1.26 bits per heavy atom. The maximum atomic E-state index is 12.0. The molecular weight excluding hydrogens is 240 g/mol. The van der Waals surface area contributed by atoms with E-state index in [1.165, 1.54) is 6.92 Å². The second-order valence-corrected chi connectivity index (χ2v) is 5.47. The zero-order valence-corrected chi connectivity index (χ0v) is 12.5. The molecule has 0 unspecified atom stereocenters. The van der Waals surface area contributed by atoms with Crippen LogP contribution in [0.5, 0.6) is 0 Å². The van der Waals surface area contributed by atoms with Crippen molar-refractivity contribution in [1.82, 2.24) is 10.3 Å². The summed E-state index contributed by atoms with van der Waals surface area (Å²) in [6, 6.07) is 0. The van der Waals surface area contributed by atoms with Crippen LogP contribution in [0.1, 0.15) is 65.7 Å². The van der Waals surface area contributed by atoms with Crippen molar-refractivity contribution in [2.75, 3.05) is 6.54 Å². The van der Waals surface area contributed by atoms with Gasteiger partial charge in [-0.05, 0) is 45.1 Å². The molecule has 0 aliphatic carbocycles. The highest BCUT2D eigenvalue weighted by molar-refractivity contribution is 6.02. The first-order valence-corrected chi connectivity index (χ1v) is 6.82. The van der Waals surface area contributed by atoms with Crippen molar-refractivity contribution in [2.24, 2.45) is 5.92 Å². The van der Waals surface area contributed by atoms with Crippen LogP contribution in [0.25, 0.3) is 0 Å². The summed E-state index contributed by atoms with van der Waals surface area (Å²) >= 11 is 0. The van der Waals surface area contributed by atoms with Gasteiger partial charge in [0.15, 0.2) is 5.78 Å². The minimum Gasteiger partial charge on any atom is -0.354 e. The second kappa shape index (κ2) is 6.55. The molecule has 0 saturated carbocycles. The number of hydrogen-bond donors (Lipinski definition) is 2. The Morgan fingerprint density at radius 2 is 1.89 bits per heavy atom. The Hall–Kier alpha value is -1.58. The molecule has 0 aliphatic rings. The number of H-pyrrole nitrogens is 1. The Bertz CT molecular complexity index is 473. The van der Waals surface area contributed by atoms with Crippen molar-refractivity contribution >= 4 is 11.7 Å². The van der Waals surface area contributed by atoms with Crippen LogP contribution in [-0.4, -0.2) is 23.2 Å². The molecule has 0 radical (unpaired) electrons. The highest BCUT2D eigenvalue weighted by Crippen LogP contribution is 2.18. The standard InChI is InChI=1S/C15H24N2O2/c1-9(2)7-6-8-16-15(19)14-10(3)13(12(5)18)11(4)17-14/h9,17H,6-8H2,1-5H3,(H,16,19). The number of amides is 1. The third-order valence-electron chi connectivity index (χ3n) is 3.26.